The largest absolute Gasteiger partial charge is 0.493 e. The third-order valence-electron chi connectivity index (χ3n) is 7.28. The molecule has 2 aromatic rings. The molecule has 3 rings (SSSR count). The SMILES string of the molecule is CCOc1ccc(CCCNC(=O)[C@@H]2CCC(=O)N[C@@H](CC(C)C)C(=O)N(C)CCOc3ccccc3C(=O)N2)cc1OC. The van der Waals surface area contributed by atoms with Crippen molar-refractivity contribution in [1.82, 2.24) is 20.9 Å². The number of methoxy groups -OCH3 is 1. The standard InChI is InChI=1S/C33H46N4O7/c1-6-43-28-15-13-23(21-29(28)42-5)10-9-17-34-32(40)25-14-16-30(38)35-26(20-22(2)3)33(41)37(4)18-19-44-27-12-8-7-11-24(27)31(39)36-25/h7-8,11-13,15,21-22,25-26H,6,9-10,14,16-20H2,1-5H3,(H,34,40)(H,35,38)(H,36,39)/t25-,26-/m0/s1. The average molecular weight is 611 g/mol. The van der Waals surface area contributed by atoms with E-state index in [1.54, 1.807) is 38.4 Å². The number of carbonyl (C=O) groups excluding carboxylic acids is 4. The summed E-state index contributed by atoms with van der Waals surface area (Å²) < 4.78 is 16.9. The van der Waals surface area contributed by atoms with Gasteiger partial charge in [-0.05, 0) is 68.4 Å². The Kier molecular flexibility index (Phi) is 13.3. The van der Waals surface area contributed by atoms with Crippen molar-refractivity contribution in [3.63, 3.8) is 0 Å². The molecule has 3 N–H and O–H groups in total. The number of ether oxygens (including phenoxy) is 3. The van der Waals surface area contributed by atoms with E-state index in [4.69, 9.17) is 14.2 Å². The van der Waals surface area contributed by atoms with Gasteiger partial charge in [-0.3, -0.25) is 19.2 Å². The van der Waals surface area contributed by atoms with Crippen molar-refractivity contribution in [2.75, 3.05) is 40.5 Å². The second-order valence-corrected chi connectivity index (χ2v) is 11.2. The fraction of sp³-hybridized carbons (Fsp3) is 0.515. The van der Waals surface area contributed by atoms with Crippen molar-refractivity contribution in [3.05, 3.63) is 53.6 Å². The van der Waals surface area contributed by atoms with Crippen LogP contribution in [0.25, 0.3) is 0 Å². The number of para-hydroxylation sites is 1. The Morgan fingerprint density at radius 2 is 1.89 bits per heavy atom. The van der Waals surface area contributed by atoms with Gasteiger partial charge in [0.15, 0.2) is 11.5 Å². The van der Waals surface area contributed by atoms with Crippen molar-refractivity contribution in [3.8, 4) is 17.2 Å². The van der Waals surface area contributed by atoms with Crippen LogP contribution in [0.4, 0.5) is 0 Å². The Hall–Kier alpha value is -4.28. The van der Waals surface area contributed by atoms with Crippen LogP contribution in [0.3, 0.4) is 0 Å². The minimum atomic E-state index is -0.973. The number of amides is 4. The van der Waals surface area contributed by atoms with Crippen LogP contribution in [0, 0.1) is 5.92 Å². The van der Waals surface area contributed by atoms with E-state index in [0.29, 0.717) is 49.7 Å². The van der Waals surface area contributed by atoms with Crippen molar-refractivity contribution in [1.29, 1.82) is 0 Å². The zero-order valence-electron chi connectivity index (χ0n) is 26.4. The maximum Gasteiger partial charge on any atom is 0.255 e. The number of aryl methyl sites for hydroxylation is 1. The van der Waals surface area contributed by atoms with Crippen molar-refractivity contribution in [2.24, 2.45) is 5.92 Å². The van der Waals surface area contributed by atoms with Crippen LogP contribution >= 0.6 is 0 Å². The first kappa shape index (κ1) is 34.2. The fourth-order valence-electron chi connectivity index (χ4n) is 4.96. The zero-order chi connectivity index (χ0) is 32.1. The van der Waals surface area contributed by atoms with Gasteiger partial charge in [0, 0.05) is 20.0 Å². The molecule has 4 amide bonds. The molecule has 0 saturated heterocycles. The van der Waals surface area contributed by atoms with Gasteiger partial charge in [0.25, 0.3) is 5.91 Å². The molecule has 2 atom stereocenters. The zero-order valence-corrected chi connectivity index (χ0v) is 26.4. The highest BCUT2D eigenvalue weighted by molar-refractivity contribution is 5.99. The van der Waals surface area contributed by atoms with E-state index in [1.165, 1.54) is 4.90 Å². The van der Waals surface area contributed by atoms with Gasteiger partial charge in [0.2, 0.25) is 17.7 Å². The van der Waals surface area contributed by atoms with Crippen LogP contribution in [0.15, 0.2) is 42.5 Å². The number of hydrogen-bond acceptors (Lipinski definition) is 7. The topological polar surface area (TPSA) is 135 Å². The van der Waals surface area contributed by atoms with Crippen LogP contribution in [0.1, 0.15) is 62.4 Å². The molecule has 0 unspecified atom stereocenters. The number of hydrogen-bond donors (Lipinski definition) is 3. The Morgan fingerprint density at radius 1 is 1.11 bits per heavy atom. The van der Waals surface area contributed by atoms with E-state index < -0.39 is 23.9 Å². The summed E-state index contributed by atoms with van der Waals surface area (Å²) in [5.41, 5.74) is 1.30. The molecule has 0 saturated carbocycles. The molecule has 2 aromatic carbocycles. The molecule has 0 radical (unpaired) electrons. The van der Waals surface area contributed by atoms with E-state index in [1.807, 2.05) is 39.0 Å². The quantitative estimate of drug-likeness (QED) is 0.352. The second kappa shape index (κ2) is 17.1. The van der Waals surface area contributed by atoms with Gasteiger partial charge in [-0.2, -0.15) is 0 Å². The van der Waals surface area contributed by atoms with E-state index in [2.05, 4.69) is 16.0 Å². The van der Waals surface area contributed by atoms with Crippen molar-refractivity contribution < 1.29 is 33.4 Å². The lowest BCUT2D eigenvalue weighted by Crippen LogP contribution is -2.50. The van der Waals surface area contributed by atoms with E-state index in [0.717, 1.165) is 5.56 Å². The second-order valence-electron chi connectivity index (χ2n) is 11.2. The number of likely N-dealkylation sites (N-methyl/N-ethyl adjacent to an activating group) is 1. The van der Waals surface area contributed by atoms with Gasteiger partial charge < -0.3 is 35.1 Å². The molecule has 0 fully saturated rings. The number of carbonyl (C=O) groups is 4. The highest BCUT2D eigenvalue weighted by Gasteiger charge is 2.28. The molecule has 1 aliphatic rings. The molecule has 44 heavy (non-hydrogen) atoms. The van der Waals surface area contributed by atoms with Gasteiger partial charge in [-0.15, -0.1) is 0 Å². The van der Waals surface area contributed by atoms with Crippen LogP contribution in [0.2, 0.25) is 0 Å². The first-order valence-corrected chi connectivity index (χ1v) is 15.3. The van der Waals surface area contributed by atoms with Crippen LogP contribution in [-0.2, 0) is 20.8 Å². The third-order valence-corrected chi connectivity index (χ3v) is 7.28. The number of rotatable bonds is 10. The summed E-state index contributed by atoms with van der Waals surface area (Å²) in [6, 6.07) is 10.8. The molecule has 11 heteroatoms. The fourth-order valence-corrected chi connectivity index (χ4v) is 4.96. The Morgan fingerprint density at radius 3 is 2.61 bits per heavy atom. The number of fused-ring (bicyclic) bond motifs is 1. The molecule has 240 valence electrons. The van der Waals surface area contributed by atoms with E-state index in [9.17, 15) is 19.2 Å². The molecular weight excluding hydrogens is 564 g/mol. The van der Waals surface area contributed by atoms with Crippen molar-refractivity contribution >= 4 is 23.6 Å². The summed E-state index contributed by atoms with van der Waals surface area (Å²) in [5, 5.41) is 8.54. The highest BCUT2D eigenvalue weighted by Crippen LogP contribution is 2.28. The first-order chi connectivity index (χ1) is 21.1. The summed E-state index contributed by atoms with van der Waals surface area (Å²) in [6.45, 7) is 7.20. The molecular formula is C33H46N4O7. The molecule has 1 aliphatic heterocycles. The Labute approximate surface area is 260 Å². The van der Waals surface area contributed by atoms with Crippen LogP contribution in [-0.4, -0.2) is 81.1 Å². The van der Waals surface area contributed by atoms with Crippen LogP contribution < -0.4 is 30.2 Å². The molecule has 11 nitrogen and oxygen atoms in total. The number of nitrogens with one attached hydrogen (secondary N) is 3. The average Bonchev–Trinajstić information content (AvgIpc) is 3.00. The Bertz CT molecular complexity index is 1280. The number of nitrogens with zero attached hydrogens (tertiary/aromatic N) is 1. The third kappa shape index (κ3) is 10.2. The minimum absolute atomic E-state index is 0.0475. The van der Waals surface area contributed by atoms with Gasteiger partial charge in [0.1, 0.15) is 24.4 Å². The van der Waals surface area contributed by atoms with Gasteiger partial charge in [-0.1, -0.05) is 32.0 Å². The summed E-state index contributed by atoms with van der Waals surface area (Å²) >= 11 is 0. The molecule has 1 heterocycles. The first-order valence-electron chi connectivity index (χ1n) is 15.3. The maximum absolute atomic E-state index is 13.3. The number of benzene rings is 2. The van der Waals surface area contributed by atoms with Gasteiger partial charge in [-0.25, -0.2) is 0 Å². The monoisotopic (exact) mass is 610 g/mol. The summed E-state index contributed by atoms with van der Waals surface area (Å²) in [5.74, 6) is 0.386. The maximum atomic E-state index is 13.3. The normalized spacial score (nSPS) is 18.2. The molecule has 0 spiro atoms. The van der Waals surface area contributed by atoms with Gasteiger partial charge in [0.05, 0.1) is 25.8 Å². The lowest BCUT2D eigenvalue weighted by molar-refractivity contribution is -0.136. The molecule has 0 aliphatic carbocycles. The van der Waals surface area contributed by atoms with Crippen molar-refractivity contribution in [2.45, 2.75) is 65.0 Å². The minimum Gasteiger partial charge on any atom is -0.493 e. The highest BCUT2D eigenvalue weighted by atomic mass is 16.5. The molecule has 0 aromatic heterocycles. The summed E-state index contributed by atoms with van der Waals surface area (Å²) in [4.78, 5) is 54.3. The van der Waals surface area contributed by atoms with E-state index in [-0.39, 0.29) is 49.3 Å². The van der Waals surface area contributed by atoms with E-state index >= 15 is 0 Å². The lowest BCUT2D eigenvalue weighted by Gasteiger charge is -2.26. The predicted octanol–water partition coefficient (Wildman–Crippen LogP) is 3.10. The van der Waals surface area contributed by atoms with Gasteiger partial charge >= 0.3 is 0 Å². The molecule has 0 bridgehead atoms. The smallest absolute Gasteiger partial charge is 0.255 e. The summed E-state index contributed by atoms with van der Waals surface area (Å²) in [7, 11) is 3.25. The predicted molar refractivity (Wildman–Crippen MR) is 167 cm³/mol. The Balaban J connectivity index is 1.72. The summed E-state index contributed by atoms with van der Waals surface area (Å²) in [6.07, 6.45) is 1.81. The lowest BCUT2D eigenvalue weighted by atomic mass is 10.0. The van der Waals surface area contributed by atoms with Crippen LogP contribution in [0.5, 0.6) is 17.2 Å².